The number of nitrogens with zero attached hydrogens (tertiary/aromatic N) is 1. The van der Waals surface area contributed by atoms with Gasteiger partial charge in [0, 0.05) is 42.1 Å². The molecule has 3 aromatic rings. The van der Waals surface area contributed by atoms with Gasteiger partial charge in [-0.3, -0.25) is 4.90 Å². The van der Waals surface area contributed by atoms with Crippen molar-refractivity contribution < 1.29 is 9.53 Å². The van der Waals surface area contributed by atoms with Gasteiger partial charge in [0.2, 0.25) is 0 Å². The van der Waals surface area contributed by atoms with E-state index >= 15 is 0 Å². The SMILES string of the molecule is CN1C[C@H](COC(=O)NCCc2ccccc2)C=C2c3cccc4[nH]cc(c34)C[C@H]21. The van der Waals surface area contributed by atoms with Crippen molar-refractivity contribution in [2.45, 2.75) is 18.9 Å². The Kier molecular flexibility index (Phi) is 5.05. The Morgan fingerprint density at radius 2 is 2.07 bits per heavy atom. The van der Waals surface area contributed by atoms with E-state index in [0.717, 1.165) is 19.4 Å². The summed E-state index contributed by atoms with van der Waals surface area (Å²) >= 11 is 0. The van der Waals surface area contributed by atoms with Crippen LogP contribution >= 0.6 is 0 Å². The van der Waals surface area contributed by atoms with Gasteiger partial charge in [-0.15, -0.1) is 0 Å². The van der Waals surface area contributed by atoms with Gasteiger partial charge in [0.15, 0.2) is 0 Å². The number of ether oxygens (including phenoxy) is 1. The van der Waals surface area contributed by atoms with Crippen LogP contribution in [0.1, 0.15) is 16.7 Å². The first kappa shape index (κ1) is 18.9. The Morgan fingerprint density at radius 3 is 2.93 bits per heavy atom. The molecule has 2 heterocycles. The number of hydrogen-bond donors (Lipinski definition) is 2. The van der Waals surface area contributed by atoms with Crippen LogP contribution in [-0.4, -0.2) is 48.8 Å². The Hall–Kier alpha value is -3.05. The zero-order valence-corrected chi connectivity index (χ0v) is 17.2. The van der Waals surface area contributed by atoms with Crippen LogP contribution in [0.25, 0.3) is 16.5 Å². The quantitative estimate of drug-likeness (QED) is 0.679. The Labute approximate surface area is 176 Å². The summed E-state index contributed by atoms with van der Waals surface area (Å²) in [7, 11) is 2.17. The lowest BCUT2D eigenvalue weighted by atomic mass is 9.80. The number of H-pyrrole nitrogens is 1. The van der Waals surface area contributed by atoms with Crippen molar-refractivity contribution in [3.05, 3.63) is 77.5 Å². The van der Waals surface area contributed by atoms with Gasteiger partial charge in [-0.05, 0) is 48.2 Å². The summed E-state index contributed by atoms with van der Waals surface area (Å²) in [5, 5.41) is 4.21. The van der Waals surface area contributed by atoms with Crippen LogP contribution in [0.3, 0.4) is 0 Å². The molecular weight excluding hydrogens is 374 g/mol. The summed E-state index contributed by atoms with van der Waals surface area (Å²) in [5.41, 5.74) is 6.46. The average molecular weight is 402 g/mol. The summed E-state index contributed by atoms with van der Waals surface area (Å²) < 4.78 is 5.55. The van der Waals surface area contributed by atoms with Crippen LogP contribution in [-0.2, 0) is 17.6 Å². The highest BCUT2D eigenvalue weighted by Crippen LogP contribution is 2.40. The maximum atomic E-state index is 12.2. The predicted molar refractivity (Wildman–Crippen MR) is 119 cm³/mol. The number of aromatic amines is 1. The second-order valence-corrected chi connectivity index (χ2v) is 8.34. The number of rotatable bonds is 5. The molecule has 1 aromatic heterocycles. The molecule has 1 aliphatic heterocycles. The Balaban J connectivity index is 1.23. The zero-order chi connectivity index (χ0) is 20.5. The van der Waals surface area contributed by atoms with Crippen molar-refractivity contribution in [2.75, 3.05) is 26.7 Å². The molecule has 5 heteroatoms. The van der Waals surface area contributed by atoms with E-state index in [2.05, 4.69) is 64.9 Å². The van der Waals surface area contributed by atoms with Gasteiger partial charge >= 0.3 is 6.09 Å². The highest BCUT2D eigenvalue weighted by Gasteiger charge is 2.33. The lowest BCUT2D eigenvalue weighted by Gasteiger charge is -2.39. The molecule has 1 amide bonds. The number of aromatic nitrogens is 1. The molecule has 0 unspecified atom stereocenters. The molecule has 5 nitrogen and oxygen atoms in total. The van der Waals surface area contributed by atoms with Crippen LogP contribution in [0.4, 0.5) is 4.79 Å². The van der Waals surface area contributed by atoms with Gasteiger partial charge < -0.3 is 15.0 Å². The smallest absolute Gasteiger partial charge is 0.407 e. The highest BCUT2D eigenvalue weighted by molar-refractivity contribution is 5.98. The van der Waals surface area contributed by atoms with E-state index in [-0.39, 0.29) is 12.0 Å². The summed E-state index contributed by atoms with van der Waals surface area (Å²) in [4.78, 5) is 17.9. The summed E-state index contributed by atoms with van der Waals surface area (Å²) in [5.74, 6) is 0.192. The van der Waals surface area contributed by atoms with Gasteiger partial charge in [-0.25, -0.2) is 4.79 Å². The normalized spacial score (nSPS) is 20.5. The third-order valence-electron chi connectivity index (χ3n) is 6.29. The van der Waals surface area contributed by atoms with Crippen molar-refractivity contribution in [1.29, 1.82) is 0 Å². The van der Waals surface area contributed by atoms with E-state index in [4.69, 9.17) is 4.74 Å². The minimum atomic E-state index is -0.340. The zero-order valence-electron chi connectivity index (χ0n) is 17.2. The fourth-order valence-corrected chi connectivity index (χ4v) is 4.84. The molecule has 2 atom stereocenters. The third-order valence-corrected chi connectivity index (χ3v) is 6.29. The second kappa shape index (κ2) is 8.00. The number of carbonyl (C=O) groups is 1. The van der Waals surface area contributed by atoms with Crippen molar-refractivity contribution >= 4 is 22.6 Å². The summed E-state index contributed by atoms with van der Waals surface area (Å²) in [6.07, 6.45) is 5.96. The van der Waals surface area contributed by atoms with E-state index < -0.39 is 0 Å². The summed E-state index contributed by atoms with van der Waals surface area (Å²) in [6.45, 7) is 1.86. The fourth-order valence-electron chi connectivity index (χ4n) is 4.84. The number of carbonyl (C=O) groups excluding carboxylic acids is 1. The molecule has 0 bridgehead atoms. The van der Waals surface area contributed by atoms with Gasteiger partial charge in [-0.2, -0.15) is 0 Å². The second-order valence-electron chi connectivity index (χ2n) is 8.34. The van der Waals surface area contributed by atoms with Crippen molar-refractivity contribution in [1.82, 2.24) is 15.2 Å². The third kappa shape index (κ3) is 3.61. The molecule has 2 aromatic carbocycles. The maximum Gasteiger partial charge on any atom is 0.407 e. The van der Waals surface area contributed by atoms with E-state index in [1.165, 1.54) is 33.2 Å². The van der Waals surface area contributed by atoms with E-state index in [0.29, 0.717) is 19.2 Å². The molecule has 2 aliphatic rings. The standard InChI is InChI=1S/C25H27N3O2/c1-28-15-18(16-30-25(29)26-11-10-17-6-3-2-4-7-17)12-21-20-8-5-9-22-24(20)19(14-27-22)13-23(21)28/h2-9,12,14,18,23,27H,10-11,13,15-16H2,1H3,(H,26,29)/t18-,23-/m1/s1. The molecular formula is C25H27N3O2. The molecule has 1 aliphatic carbocycles. The maximum absolute atomic E-state index is 12.2. The minimum Gasteiger partial charge on any atom is -0.449 e. The van der Waals surface area contributed by atoms with E-state index in [9.17, 15) is 4.79 Å². The number of amides is 1. The first-order valence-electron chi connectivity index (χ1n) is 10.6. The number of hydrogen-bond acceptors (Lipinski definition) is 3. The molecule has 2 N–H and O–H groups in total. The molecule has 0 radical (unpaired) electrons. The lowest BCUT2D eigenvalue weighted by Crippen LogP contribution is -2.43. The van der Waals surface area contributed by atoms with Gasteiger partial charge in [0.25, 0.3) is 0 Å². The number of fused-ring (bicyclic) bond motifs is 2. The molecule has 5 rings (SSSR count). The number of benzene rings is 2. The van der Waals surface area contributed by atoms with Gasteiger partial charge in [0.05, 0.1) is 0 Å². The number of likely N-dealkylation sites (N-methyl/N-ethyl adjacent to an activating group) is 1. The molecule has 154 valence electrons. The van der Waals surface area contributed by atoms with Gasteiger partial charge in [-0.1, -0.05) is 48.5 Å². The van der Waals surface area contributed by atoms with E-state index in [1.807, 2.05) is 18.2 Å². The lowest BCUT2D eigenvalue weighted by molar-refractivity contribution is 0.120. The van der Waals surface area contributed by atoms with Crippen LogP contribution in [0.5, 0.6) is 0 Å². The average Bonchev–Trinajstić information content (AvgIpc) is 3.18. The van der Waals surface area contributed by atoms with Gasteiger partial charge in [0.1, 0.15) is 6.61 Å². The Bertz CT molecular complexity index is 1090. The predicted octanol–water partition coefficient (Wildman–Crippen LogP) is 4.01. The molecule has 30 heavy (non-hydrogen) atoms. The first-order valence-corrected chi connectivity index (χ1v) is 10.6. The number of nitrogens with one attached hydrogen (secondary N) is 2. The van der Waals surface area contributed by atoms with Crippen LogP contribution in [0.2, 0.25) is 0 Å². The van der Waals surface area contributed by atoms with Crippen molar-refractivity contribution in [3.63, 3.8) is 0 Å². The van der Waals surface area contributed by atoms with Crippen molar-refractivity contribution in [2.24, 2.45) is 5.92 Å². The Morgan fingerprint density at radius 1 is 1.20 bits per heavy atom. The summed E-state index contributed by atoms with van der Waals surface area (Å²) in [6, 6.07) is 17.0. The largest absolute Gasteiger partial charge is 0.449 e. The minimum absolute atomic E-state index is 0.192. The van der Waals surface area contributed by atoms with Crippen LogP contribution in [0.15, 0.2) is 60.8 Å². The van der Waals surface area contributed by atoms with Crippen molar-refractivity contribution in [3.8, 4) is 0 Å². The molecule has 0 saturated carbocycles. The van der Waals surface area contributed by atoms with Crippen LogP contribution in [0, 0.1) is 5.92 Å². The van der Waals surface area contributed by atoms with Crippen LogP contribution < -0.4 is 5.32 Å². The molecule has 0 saturated heterocycles. The fraction of sp³-hybridized carbons (Fsp3) is 0.320. The first-order chi connectivity index (χ1) is 14.7. The number of alkyl carbamates (subject to hydrolysis) is 1. The molecule has 0 fully saturated rings. The monoisotopic (exact) mass is 401 g/mol. The molecule has 0 spiro atoms. The van der Waals surface area contributed by atoms with E-state index in [1.54, 1.807) is 0 Å². The topological polar surface area (TPSA) is 57.4 Å². The highest BCUT2D eigenvalue weighted by atomic mass is 16.5.